The first-order chi connectivity index (χ1) is 14.9. The zero-order chi connectivity index (χ0) is 21.9. The van der Waals surface area contributed by atoms with Crippen LogP contribution in [0.1, 0.15) is 34.3 Å². The summed E-state index contributed by atoms with van der Waals surface area (Å²) < 4.78 is 6.85. The summed E-state index contributed by atoms with van der Waals surface area (Å²) in [5.74, 6) is -1.37. The maximum atomic E-state index is 13.3. The highest BCUT2D eigenvalue weighted by Crippen LogP contribution is 2.46. The minimum atomic E-state index is -0.416. The van der Waals surface area contributed by atoms with Gasteiger partial charge in [-0.3, -0.25) is 14.5 Å². The molecule has 1 atom stereocenters. The lowest BCUT2D eigenvalue weighted by Gasteiger charge is -2.19. The number of methoxy groups -OCH3 is 1. The third-order valence-corrected chi connectivity index (χ3v) is 6.09. The van der Waals surface area contributed by atoms with Crippen molar-refractivity contribution in [1.29, 1.82) is 0 Å². The van der Waals surface area contributed by atoms with E-state index in [2.05, 4.69) is 5.32 Å². The van der Waals surface area contributed by atoms with E-state index in [1.165, 1.54) is 18.9 Å². The van der Waals surface area contributed by atoms with Crippen molar-refractivity contribution in [3.05, 3.63) is 76.6 Å². The van der Waals surface area contributed by atoms with E-state index >= 15 is 0 Å². The average Bonchev–Trinajstić information content (AvgIpc) is 3.22. The van der Waals surface area contributed by atoms with Crippen molar-refractivity contribution in [2.24, 2.45) is 7.05 Å². The Balaban J connectivity index is 1.75. The van der Waals surface area contributed by atoms with E-state index in [0.29, 0.717) is 11.1 Å². The predicted octanol–water partition coefficient (Wildman–Crippen LogP) is 3.17. The summed E-state index contributed by atoms with van der Waals surface area (Å²) in [7, 11) is 3.32. The van der Waals surface area contributed by atoms with Crippen LogP contribution in [0, 0.1) is 0 Å². The highest BCUT2D eigenvalue weighted by Gasteiger charge is 2.41. The number of hydrogen-bond acceptors (Lipinski definition) is 5. The van der Waals surface area contributed by atoms with E-state index in [0.717, 1.165) is 33.4 Å². The molecule has 7 nitrogen and oxygen atoms in total. The Hall–Kier alpha value is -3.87. The second kappa shape index (κ2) is 6.84. The van der Waals surface area contributed by atoms with Gasteiger partial charge in [-0.1, -0.05) is 18.2 Å². The van der Waals surface area contributed by atoms with Crippen LogP contribution in [-0.4, -0.2) is 40.9 Å². The van der Waals surface area contributed by atoms with Gasteiger partial charge in [-0.25, -0.2) is 4.79 Å². The number of aryl methyl sites for hydroxylation is 1. The first kappa shape index (κ1) is 19.1. The quantitative estimate of drug-likeness (QED) is 0.651. The van der Waals surface area contributed by atoms with Crippen molar-refractivity contribution in [1.82, 2.24) is 9.47 Å². The van der Waals surface area contributed by atoms with Gasteiger partial charge in [0, 0.05) is 42.9 Å². The van der Waals surface area contributed by atoms with Crippen molar-refractivity contribution in [2.75, 3.05) is 19.0 Å². The number of benzene rings is 2. The van der Waals surface area contributed by atoms with Gasteiger partial charge < -0.3 is 14.6 Å². The Kier molecular flexibility index (Phi) is 4.22. The summed E-state index contributed by atoms with van der Waals surface area (Å²) >= 11 is 0. The zero-order valence-electron chi connectivity index (χ0n) is 17.4. The SMILES string of the molecule is COC(=O)c1ccc([C@@H]2C3=C(CN(C(C)=O)C3=O)Nc3cccc4c3c2cn4C)cc1. The molecule has 2 aromatic carbocycles. The molecule has 1 aromatic heterocycles. The van der Waals surface area contributed by atoms with Crippen LogP contribution in [0.3, 0.4) is 0 Å². The molecule has 7 heteroatoms. The average molecular weight is 415 g/mol. The Morgan fingerprint density at radius 1 is 1.13 bits per heavy atom. The Morgan fingerprint density at radius 2 is 1.87 bits per heavy atom. The molecule has 2 aliphatic rings. The van der Waals surface area contributed by atoms with Gasteiger partial charge >= 0.3 is 5.97 Å². The van der Waals surface area contributed by atoms with Crippen LogP contribution in [0.2, 0.25) is 0 Å². The smallest absolute Gasteiger partial charge is 0.337 e. The molecule has 3 aromatic rings. The van der Waals surface area contributed by atoms with Gasteiger partial charge in [0.15, 0.2) is 0 Å². The summed E-state index contributed by atoms with van der Waals surface area (Å²) in [5, 5.41) is 4.48. The number of nitrogens with one attached hydrogen (secondary N) is 1. The van der Waals surface area contributed by atoms with Crippen LogP contribution in [0.5, 0.6) is 0 Å². The summed E-state index contributed by atoms with van der Waals surface area (Å²) in [6.07, 6.45) is 2.04. The van der Waals surface area contributed by atoms with Crippen LogP contribution in [0.15, 0.2) is 59.9 Å². The lowest BCUT2D eigenvalue weighted by molar-refractivity contribution is -0.139. The highest BCUT2D eigenvalue weighted by atomic mass is 16.5. The molecule has 0 saturated carbocycles. The van der Waals surface area contributed by atoms with Gasteiger partial charge in [0.1, 0.15) is 0 Å². The van der Waals surface area contributed by atoms with Crippen molar-refractivity contribution >= 4 is 34.4 Å². The highest BCUT2D eigenvalue weighted by molar-refractivity contribution is 6.11. The third kappa shape index (κ3) is 2.77. The molecule has 0 aliphatic carbocycles. The van der Waals surface area contributed by atoms with E-state index in [1.807, 2.05) is 48.1 Å². The number of nitrogens with zero attached hydrogens (tertiary/aromatic N) is 2. The standard InChI is InChI=1S/C24H21N3O4/c1-13(28)27-12-18-22(23(27)29)20(14-7-9-15(10-8-14)24(30)31-3)16-11-26(2)19-6-4-5-17(25-18)21(16)19/h4-11,20,25H,12H2,1-3H3/t20-/m0/s1. The van der Waals surface area contributed by atoms with Crippen LogP contribution in [0.25, 0.3) is 10.9 Å². The molecule has 1 N–H and O–H groups in total. The lowest BCUT2D eigenvalue weighted by Crippen LogP contribution is -2.33. The number of anilines is 1. The van der Waals surface area contributed by atoms with Crippen LogP contribution < -0.4 is 5.32 Å². The number of esters is 1. The number of rotatable bonds is 2. The van der Waals surface area contributed by atoms with E-state index in [1.54, 1.807) is 12.1 Å². The summed E-state index contributed by atoms with van der Waals surface area (Å²) in [6, 6.07) is 13.1. The number of amides is 2. The van der Waals surface area contributed by atoms with E-state index in [4.69, 9.17) is 4.74 Å². The van der Waals surface area contributed by atoms with Gasteiger partial charge in [-0.15, -0.1) is 0 Å². The molecule has 5 rings (SSSR count). The number of hydrogen-bond donors (Lipinski definition) is 1. The third-order valence-electron chi connectivity index (χ3n) is 6.09. The number of carbonyl (C=O) groups is 3. The van der Waals surface area contributed by atoms with Gasteiger partial charge in [-0.2, -0.15) is 0 Å². The number of carbonyl (C=O) groups excluding carboxylic acids is 3. The number of ether oxygens (including phenoxy) is 1. The fraction of sp³-hybridized carbons (Fsp3) is 0.208. The normalized spacial score (nSPS) is 17.5. The van der Waals surface area contributed by atoms with Gasteiger partial charge in [0.2, 0.25) is 5.91 Å². The summed E-state index contributed by atoms with van der Waals surface area (Å²) in [6.45, 7) is 1.62. The Bertz CT molecular complexity index is 1300. The Morgan fingerprint density at radius 3 is 2.55 bits per heavy atom. The fourth-order valence-corrected chi connectivity index (χ4v) is 4.65. The van der Waals surface area contributed by atoms with E-state index in [-0.39, 0.29) is 24.3 Å². The molecular formula is C24H21N3O4. The Labute approximate surface area is 178 Å². The predicted molar refractivity (Wildman–Crippen MR) is 116 cm³/mol. The minimum Gasteiger partial charge on any atom is -0.465 e. The second-order valence-corrected chi connectivity index (χ2v) is 7.87. The lowest BCUT2D eigenvalue weighted by atomic mass is 9.84. The van der Waals surface area contributed by atoms with Crippen LogP contribution >= 0.6 is 0 Å². The molecular weight excluding hydrogens is 394 g/mol. The summed E-state index contributed by atoms with van der Waals surface area (Å²) in [5.41, 5.74) is 5.54. The molecule has 2 amide bonds. The van der Waals surface area contributed by atoms with Crippen LogP contribution in [0.4, 0.5) is 5.69 Å². The molecule has 0 bridgehead atoms. The molecule has 0 fully saturated rings. The first-order valence-corrected chi connectivity index (χ1v) is 9.99. The van der Waals surface area contributed by atoms with Crippen molar-refractivity contribution in [3.8, 4) is 0 Å². The maximum Gasteiger partial charge on any atom is 0.337 e. The van der Waals surface area contributed by atoms with Crippen molar-refractivity contribution in [2.45, 2.75) is 12.8 Å². The monoisotopic (exact) mass is 415 g/mol. The molecule has 3 heterocycles. The second-order valence-electron chi connectivity index (χ2n) is 7.87. The van der Waals surface area contributed by atoms with Crippen molar-refractivity contribution in [3.63, 3.8) is 0 Å². The van der Waals surface area contributed by atoms with E-state index in [9.17, 15) is 14.4 Å². The van der Waals surface area contributed by atoms with Gasteiger partial charge in [0.05, 0.1) is 30.3 Å². The molecule has 0 radical (unpaired) electrons. The minimum absolute atomic E-state index is 0.215. The van der Waals surface area contributed by atoms with E-state index < -0.39 is 5.97 Å². The molecule has 2 aliphatic heterocycles. The first-order valence-electron chi connectivity index (χ1n) is 9.99. The van der Waals surface area contributed by atoms with Crippen molar-refractivity contribution < 1.29 is 19.1 Å². The van der Waals surface area contributed by atoms with Crippen LogP contribution in [-0.2, 0) is 21.4 Å². The topological polar surface area (TPSA) is 80.6 Å². The summed E-state index contributed by atoms with van der Waals surface area (Å²) in [4.78, 5) is 38.6. The molecule has 156 valence electrons. The van der Waals surface area contributed by atoms with Gasteiger partial charge in [-0.05, 0) is 35.4 Å². The molecule has 0 unspecified atom stereocenters. The zero-order valence-corrected chi connectivity index (χ0v) is 17.4. The fourth-order valence-electron chi connectivity index (χ4n) is 4.65. The van der Waals surface area contributed by atoms with Gasteiger partial charge in [0.25, 0.3) is 5.91 Å². The maximum absolute atomic E-state index is 13.3. The molecule has 31 heavy (non-hydrogen) atoms. The molecule has 0 spiro atoms. The number of aromatic nitrogens is 1. The largest absolute Gasteiger partial charge is 0.465 e. The molecule has 0 saturated heterocycles. The number of imide groups is 1.